The molecular formula is C23H24N2O4. The summed E-state index contributed by atoms with van der Waals surface area (Å²) in [7, 11) is 0. The lowest BCUT2D eigenvalue weighted by atomic mass is 9.88. The molecule has 0 saturated heterocycles. The van der Waals surface area contributed by atoms with Crippen LogP contribution >= 0.6 is 0 Å². The maximum atomic E-state index is 13.0. The molecule has 2 heterocycles. The number of benzene rings is 2. The lowest BCUT2D eigenvalue weighted by Crippen LogP contribution is -2.41. The molecule has 6 heteroatoms. The van der Waals surface area contributed by atoms with Gasteiger partial charge in [0.05, 0.1) is 12.5 Å². The van der Waals surface area contributed by atoms with Gasteiger partial charge in [-0.15, -0.1) is 0 Å². The molecule has 2 amide bonds. The first-order valence-electron chi connectivity index (χ1n) is 10.0. The molecule has 2 atom stereocenters. The predicted octanol–water partition coefficient (Wildman–Crippen LogP) is 3.18. The highest BCUT2D eigenvalue weighted by molar-refractivity contribution is 5.96. The largest absolute Gasteiger partial charge is 0.481 e. The number of carbonyl (C=O) groups excluding carboxylic acids is 2. The van der Waals surface area contributed by atoms with Gasteiger partial charge in [-0.3, -0.25) is 14.4 Å². The summed E-state index contributed by atoms with van der Waals surface area (Å²) in [4.78, 5) is 38.5. The summed E-state index contributed by atoms with van der Waals surface area (Å²) in [5.41, 5.74) is 3.94. The van der Waals surface area contributed by atoms with E-state index >= 15 is 0 Å². The molecule has 150 valence electrons. The molecule has 4 rings (SSSR count). The van der Waals surface area contributed by atoms with Gasteiger partial charge in [0, 0.05) is 24.6 Å². The van der Waals surface area contributed by atoms with Crippen molar-refractivity contribution >= 4 is 23.5 Å². The van der Waals surface area contributed by atoms with Crippen molar-refractivity contribution < 1.29 is 19.5 Å². The summed E-state index contributed by atoms with van der Waals surface area (Å²) in [5, 5.41) is 12.3. The predicted molar refractivity (Wildman–Crippen MR) is 108 cm³/mol. The smallest absolute Gasteiger partial charge is 0.305 e. The fraction of sp³-hybridized carbons (Fsp3) is 0.348. The number of para-hydroxylation sites is 1. The Hall–Kier alpha value is -3.15. The second kappa shape index (κ2) is 8.07. The van der Waals surface area contributed by atoms with Crippen molar-refractivity contribution in [3.8, 4) is 0 Å². The highest BCUT2D eigenvalue weighted by atomic mass is 16.4. The van der Waals surface area contributed by atoms with Gasteiger partial charge in [0.15, 0.2) is 0 Å². The van der Waals surface area contributed by atoms with Gasteiger partial charge in [-0.25, -0.2) is 0 Å². The number of hydrogen-bond acceptors (Lipinski definition) is 3. The number of carboxylic acids is 1. The number of anilines is 1. The number of aliphatic carboxylic acids is 1. The second-order valence-electron chi connectivity index (χ2n) is 7.74. The Kier molecular flexibility index (Phi) is 5.34. The van der Waals surface area contributed by atoms with Crippen molar-refractivity contribution in [1.82, 2.24) is 4.90 Å². The van der Waals surface area contributed by atoms with Crippen LogP contribution in [0.1, 0.15) is 42.0 Å². The number of nitrogens with one attached hydrogen (secondary N) is 1. The number of carboxylic acid groups (broad SMARTS) is 1. The number of amides is 2. The zero-order valence-corrected chi connectivity index (χ0v) is 16.1. The van der Waals surface area contributed by atoms with Crippen molar-refractivity contribution in [3.63, 3.8) is 0 Å². The summed E-state index contributed by atoms with van der Waals surface area (Å²) < 4.78 is 0. The van der Waals surface area contributed by atoms with Crippen LogP contribution in [0.2, 0.25) is 0 Å². The van der Waals surface area contributed by atoms with E-state index in [0.29, 0.717) is 19.4 Å². The Morgan fingerprint density at radius 3 is 2.59 bits per heavy atom. The van der Waals surface area contributed by atoms with E-state index in [9.17, 15) is 19.5 Å². The highest BCUT2D eigenvalue weighted by Crippen LogP contribution is 2.34. The van der Waals surface area contributed by atoms with E-state index in [4.69, 9.17) is 0 Å². The molecule has 0 bridgehead atoms. The first kappa shape index (κ1) is 19.2. The Morgan fingerprint density at radius 2 is 1.79 bits per heavy atom. The van der Waals surface area contributed by atoms with Gasteiger partial charge in [0.1, 0.15) is 0 Å². The quantitative estimate of drug-likeness (QED) is 0.818. The maximum Gasteiger partial charge on any atom is 0.305 e. The van der Waals surface area contributed by atoms with Gasteiger partial charge in [0.2, 0.25) is 11.8 Å². The molecule has 2 N–H and O–H groups in total. The number of rotatable bonds is 5. The third-order valence-electron chi connectivity index (χ3n) is 5.92. The molecule has 2 aliphatic rings. The zero-order valence-electron chi connectivity index (χ0n) is 16.1. The Bertz CT molecular complexity index is 955. The third kappa shape index (κ3) is 4.01. The van der Waals surface area contributed by atoms with E-state index in [1.807, 2.05) is 48.5 Å². The molecule has 2 aliphatic heterocycles. The Labute approximate surface area is 169 Å². The normalized spacial score (nSPS) is 20.4. The molecule has 6 nitrogen and oxygen atoms in total. The fourth-order valence-corrected chi connectivity index (χ4v) is 4.42. The van der Waals surface area contributed by atoms with Gasteiger partial charge >= 0.3 is 5.97 Å². The molecule has 0 aromatic heterocycles. The van der Waals surface area contributed by atoms with Crippen LogP contribution in [0.5, 0.6) is 0 Å². The number of hydrogen-bond donors (Lipinski definition) is 2. The van der Waals surface area contributed by atoms with Crippen LogP contribution in [0.4, 0.5) is 5.69 Å². The fourth-order valence-electron chi connectivity index (χ4n) is 4.42. The third-order valence-corrected chi connectivity index (χ3v) is 5.92. The molecule has 0 spiro atoms. The van der Waals surface area contributed by atoms with Gasteiger partial charge in [-0.2, -0.15) is 0 Å². The van der Waals surface area contributed by atoms with Crippen LogP contribution in [0.25, 0.3) is 0 Å². The molecule has 0 radical (unpaired) electrons. The van der Waals surface area contributed by atoms with Crippen molar-refractivity contribution in [2.45, 2.75) is 38.1 Å². The summed E-state index contributed by atoms with van der Waals surface area (Å²) in [6.45, 7) is 0.507. The standard InChI is InChI=1S/C23H24N2O4/c26-21(10-9-17-13-16-6-2-4-8-19(16)24-23(17)29)25-12-11-15-5-1-3-7-18(15)20(25)14-22(27)28/h1-8,17,20H,9-14H2,(H,24,29)(H,27,28)/t17?,20-/m1/s1. The monoisotopic (exact) mass is 392 g/mol. The van der Waals surface area contributed by atoms with Crippen LogP contribution in [-0.2, 0) is 27.2 Å². The van der Waals surface area contributed by atoms with Gasteiger partial charge in [-0.05, 0) is 42.0 Å². The summed E-state index contributed by atoms with van der Waals surface area (Å²) in [6.07, 6.45) is 1.92. The van der Waals surface area contributed by atoms with Crippen LogP contribution in [0, 0.1) is 5.92 Å². The lowest BCUT2D eigenvalue weighted by Gasteiger charge is -2.37. The van der Waals surface area contributed by atoms with E-state index in [1.165, 1.54) is 0 Å². The first-order valence-corrected chi connectivity index (χ1v) is 10.0. The lowest BCUT2D eigenvalue weighted by molar-refractivity contribution is -0.141. The van der Waals surface area contributed by atoms with Gasteiger partial charge in [0.25, 0.3) is 0 Å². The van der Waals surface area contributed by atoms with E-state index in [1.54, 1.807) is 4.90 Å². The molecule has 0 aliphatic carbocycles. The molecule has 1 unspecified atom stereocenters. The van der Waals surface area contributed by atoms with E-state index < -0.39 is 12.0 Å². The summed E-state index contributed by atoms with van der Waals surface area (Å²) in [6, 6.07) is 15.0. The average Bonchev–Trinajstić information content (AvgIpc) is 2.72. The number of carbonyl (C=O) groups is 3. The molecule has 0 saturated carbocycles. The summed E-state index contributed by atoms with van der Waals surface area (Å²) >= 11 is 0. The van der Waals surface area contributed by atoms with Crippen LogP contribution < -0.4 is 5.32 Å². The van der Waals surface area contributed by atoms with Crippen molar-refractivity contribution in [1.29, 1.82) is 0 Å². The van der Waals surface area contributed by atoms with Crippen LogP contribution in [0.3, 0.4) is 0 Å². The van der Waals surface area contributed by atoms with Gasteiger partial charge in [-0.1, -0.05) is 42.5 Å². The minimum atomic E-state index is -0.923. The Balaban J connectivity index is 1.45. The number of nitrogens with zero attached hydrogens (tertiary/aromatic N) is 1. The molecule has 2 aromatic rings. The van der Waals surface area contributed by atoms with Crippen LogP contribution in [0.15, 0.2) is 48.5 Å². The SMILES string of the molecule is O=C(O)C[C@@H]1c2ccccc2CCN1C(=O)CCC1Cc2ccccc2NC1=O. The molecule has 0 fully saturated rings. The van der Waals surface area contributed by atoms with Crippen molar-refractivity contribution in [2.24, 2.45) is 5.92 Å². The minimum Gasteiger partial charge on any atom is -0.481 e. The average molecular weight is 392 g/mol. The summed E-state index contributed by atoms with van der Waals surface area (Å²) in [5.74, 6) is -1.31. The van der Waals surface area contributed by atoms with Crippen molar-refractivity contribution in [2.75, 3.05) is 11.9 Å². The van der Waals surface area contributed by atoms with E-state index in [0.717, 1.165) is 28.8 Å². The minimum absolute atomic E-state index is 0.0532. The molecule has 29 heavy (non-hydrogen) atoms. The van der Waals surface area contributed by atoms with Gasteiger partial charge < -0.3 is 15.3 Å². The zero-order chi connectivity index (χ0) is 20.4. The number of fused-ring (bicyclic) bond motifs is 2. The molecule has 2 aromatic carbocycles. The Morgan fingerprint density at radius 1 is 1.07 bits per heavy atom. The topological polar surface area (TPSA) is 86.7 Å². The maximum absolute atomic E-state index is 13.0. The van der Waals surface area contributed by atoms with E-state index in [-0.39, 0.29) is 30.6 Å². The molecular weight excluding hydrogens is 368 g/mol. The highest BCUT2D eigenvalue weighted by Gasteiger charge is 2.33. The first-order chi connectivity index (χ1) is 14.0. The van der Waals surface area contributed by atoms with E-state index in [2.05, 4.69) is 5.32 Å². The second-order valence-corrected chi connectivity index (χ2v) is 7.74. The van der Waals surface area contributed by atoms with Crippen molar-refractivity contribution in [3.05, 3.63) is 65.2 Å². The van der Waals surface area contributed by atoms with Crippen LogP contribution in [-0.4, -0.2) is 34.3 Å².